The summed E-state index contributed by atoms with van der Waals surface area (Å²) in [5.74, 6) is 1.22. The highest BCUT2D eigenvalue weighted by Crippen LogP contribution is 2.16. The number of nitrogens with one attached hydrogen (secondary N) is 2. The molecule has 0 saturated carbocycles. The summed E-state index contributed by atoms with van der Waals surface area (Å²) in [6.07, 6.45) is 3.79. The molecule has 0 aliphatic rings. The topological polar surface area (TPSA) is 72.1 Å². The van der Waals surface area contributed by atoms with E-state index >= 15 is 0 Å². The van der Waals surface area contributed by atoms with Crippen LogP contribution in [0.2, 0.25) is 0 Å². The molecule has 3 aromatic rings. The maximum Gasteiger partial charge on any atom is 0.191 e. The van der Waals surface area contributed by atoms with Gasteiger partial charge in [0, 0.05) is 44.8 Å². The van der Waals surface area contributed by atoms with Gasteiger partial charge in [-0.3, -0.25) is 9.67 Å². The van der Waals surface area contributed by atoms with Crippen molar-refractivity contribution in [1.29, 1.82) is 0 Å². The van der Waals surface area contributed by atoms with Crippen molar-refractivity contribution in [2.45, 2.75) is 33.9 Å². The Morgan fingerprint density at radius 3 is 2.68 bits per heavy atom. The predicted molar refractivity (Wildman–Crippen MR) is 113 cm³/mol. The van der Waals surface area contributed by atoms with Crippen LogP contribution in [0.25, 0.3) is 5.69 Å². The summed E-state index contributed by atoms with van der Waals surface area (Å²) in [5, 5.41) is 15.7. The summed E-state index contributed by atoms with van der Waals surface area (Å²) in [7, 11) is 1.79. The molecule has 2 heterocycles. The molecule has 2 aromatic heterocycles. The molecule has 0 bridgehead atoms. The Labute approximate surface area is 166 Å². The minimum atomic E-state index is 0.431. The first-order valence-electron chi connectivity index (χ1n) is 9.60. The van der Waals surface area contributed by atoms with Gasteiger partial charge in [-0.1, -0.05) is 25.1 Å². The van der Waals surface area contributed by atoms with Gasteiger partial charge in [-0.15, -0.1) is 0 Å². The van der Waals surface area contributed by atoms with Crippen molar-refractivity contribution in [3.8, 4) is 5.69 Å². The SMILES string of the molecule is CN=C(NCc1ccccc1-n1nc(C)cc1C)NCC(C)Cn1cccn1. The summed E-state index contributed by atoms with van der Waals surface area (Å²) in [5.41, 5.74) is 4.40. The number of hydrogen-bond acceptors (Lipinski definition) is 3. The summed E-state index contributed by atoms with van der Waals surface area (Å²) in [6.45, 7) is 8.64. The number of para-hydroxylation sites is 1. The van der Waals surface area contributed by atoms with Crippen LogP contribution in [-0.4, -0.2) is 39.1 Å². The quantitative estimate of drug-likeness (QED) is 0.489. The van der Waals surface area contributed by atoms with E-state index in [4.69, 9.17) is 0 Å². The lowest BCUT2D eigenvalue weighted by molar-refractivity contribution is 0.443. The largest absolute Gasteiger partial charge is 0.356 e. The molecule has 7 heteroatoms. The highest BCUT2D eigenvalue weighted by Gasteiger charge is 2.10. The van der Waals surface area contributed by atoms with Crippen LogP contribution in [0.5, 0.6) is 0 Å². The minimum absolute atomic E-state index is 0.431. The number of rotatable bonds is 7. The van der Waals surface area contributed by atoms with Crippen LogP contribution >= 0.6 is 0 Å². The van der Waals surface area contributed by atoms with Crippen LogP contribution in [0.1, 0.15) is 23.9 Å². The minimum Gasteiger partial charge on any atom is -0.356 e. The third-order valence-corrected chi connectivity index (χ3v) is 4.58. The number of benzene rings is 1. The number of aliphatic imine (C=N–C) groups is 1. The van der Waals surface area contributed by atoms with E-state index in [1.54, 1.807) is 13.2 Å². The lowest BCUT2D eigenvalue weighted by atomic mass is 10.1. The number of aryl methyl sites for hydroxylation is 2. The molecule has 2 N–H and O–H groups in total. The van der Waals surface area contributed by atoms with Crippen LogP contribution in [-0.2, 0) is 13.1 Å². The maximum atomic E-state index is 4.62. The Bertz CT molecular complexity index is 909. The van der Waals surface area contributed by atoms with Crippen molar-refractivity contribution in [2.24, 2.45) is 10.9 Å². The molecule has 1 atom stereocenters. The second-order valence-electron chi connectivity index (χ2n) is 7.11. The van der Waals surface area contributed by atoms with Crippen LogP contribution in [0.15, 0.2) is 53.8 Å². The van der Waals surface area contributed by atoms with Gasteiger partial charge in [0.25, 0.3) is 0 Å². The highest BCUT2D eigenvalue weighted by atomic mass is 15.3. The van der Waals surface area contributed by atoms with Gasteiger partial charge in [0.15, 0.2) is 5.96 Å². The summed E-state index contributed by atoms with van der Waals surface area (Å²) < 4.78 is 3.95. The molecule has 0 saturated heterocycles. The molecule has 7 nitrogen and oxygen atoms in total. The summed E-state index contributed by atoms with van der Waals surface area (Å²) in [6, 6.07) is 12.3. The molecule has 0 aliphatic heterocycles. The number of nitrogens with zero attached hydrogens (tertiary/aromatic N) is 5. The first kappa shape index (κ1) is 19.7. The van der Waals surface area contributed by atoms with Crippen molar-refractivity contribution in [3.05, 3.63) is 65.7 Å². The molecule has 1 aromatic carbocycles. The normalized spacial score (nSPS) is 12.8. The lowest BCUT2D eigenvalue weighted by Crippen LogP contribution is -2.39. The number of aromatic nitrogens is 4. The molecular formula is C21H29N7. The standard InChI is InChI=1S/C21H29N7/c1-16(15-27-11-7-10-25-27)13-23-21(22-4)24-14-19-8-5-6-9-20(19)28-18(3)12-17(2)26-28/h5-12,16H,13-15H2,1-4H3,(H2,22,23,24). The Kier molecular flexibility index (Phi) is 6.47. The van der Waals surface area contributed by atoms with E-state index < -0.39 is 0 Å². The van der Waals surface area contributed by atoms with Gasteiger partial charge in [-0.25, -0.2) is 4.68 Å². The van der Waals surface area contributed by atoms with Crippen LogP contribution in [0, 0.1) is 19.8 Å². The molecular weight excluding hydrogens is 350 g/mol. The molecule has 148 valence electrons. The van der Waals surface area contributed by atoms with Crippen molar-refractivity contribution < 1.29 is 0 Å². The summed E-state index contributed by atoms with van der Waals surface area (Å²) in [4.78, 5) is 4.35. The van der Waals surface area contributed by atoms with Crippen molar-refractivity contribution in [3.63, 3.8) is 0 Å². The first-order chi connectivity index (χ1) is 13.6. The van der Waals surface area contributed by atoms with Gasteiger partial charge in [0.1, 0.15) is 0 Å². The van der Waals surface area contributed by atoms with Gasteiger partial charge in [0.05, 0.1) is 11.4 Å². The van der Waals surface area contributed by atoms with Crippen molar-refractivity contribution >= 4 is 5.96 Å². The molecule has 3 rings (SSSR count). The molecule has 1 unspecified atom stereocenters. The zero-order valence-electron chi connectivity index (χ0n) is 17.1. The fourth-order valence-corrected chi connectivity index (χ4v) is 3.20. The second-order valence-corrected chi connectivity index (χ2v) is 7.11. The Balaban J connectivity index is 1.59. The van der Waals surface area contributed by atoms with E-state index in [0.29, 0.717) is 12.5 Å². The Hall–Kier alpha value is -3.09. The maximum absolute atomic E-state index is 4.62. The smallest absolute Gasteiger partial charge is 0.191 e. The third-order valence-electron chi connectivity index (χ3n) is 4.58. The second kappa shape index (κ2) is 9.21. The predicted octanol–water partition coefficient (Wildman–Crippen LogP) is 2.69. The van der Waals surface area contributed by atoms with E-state index in [-0.39, 0.29) is 0 Å². The first-order valence-corrected chi connectivity index (χ1v) is 9.60. The third kappa shape index (κ3) is 5.00. The lowest BCUT2D eigenvalue weighted by Gasteiger charge is -2.17. The van der Waals surface area contributed by atoms with Gasteiger partial charge in [0.2, 0.25) is 0 Å². The van der Waals surface area contributed by atoms with Crippen molar-refractivity contribution in [2.75, 3.05) is 13.6 Å². The fourth-order valence-electron chi connectivity index (χ4n) is 3.20. The Morgan fingerprint density at radius 1 is 1.18 bits per heavy atom. The van der Waals surface area contributed by atoms with Crippen molar-refractivity contribution in [1.82, 2.24) is 30.2 Å². The summed E-state index contributed by atoms with van der Waals surface area (Å²) >= 11 is 0. The number of hydrogen-bond donors (Lipinski definition) is 2. The molecule has 28 heavy (non-hydrogen) atoms. The molecule has 0 fully saturated rings. The highest BCUT2D eigenvalue weighted by molar-refractivity contribution is 5.79. The average Bonchev–Trinajstić information content (AvgIpc) is 3.31. The average molecular weight is 380 g/mol. The fraction of sp³-hybridized carbons (Fsp3) is 0.381. The van der Waals surface area contributed by atoms with Crippen LogP contribution in [0.3, 0.4) is 0 Å². The van der Waals surface area contributed by atoms with Gasteiger partial charge in [-0.05, 0) is 43.5 Å². The zero-order valence-corrected chi connectivity index (χ0v) is 17.1. The molecule has 0 radical (unpaired) electrons. The van der Waals surface area contributed by atoms with Gasteiger partial charge in [-0.2, -0.15) is 10.2 Å². The van der Waals surface area contributed by atoms with E-state index in [9.17, 15) is 0 Å². The van der Waals surface area contributed by atoms with E-state index in [1.807, 2.05) is 34.6 Å². The zero-order chi connectivity index (χ0) is 19.9. The Morgan fingerprint density at radius 2 is 2.00 bits per heavy atom. The monoisotopic (exact) mass is 379 g/mol. The van der Waals surface area contributed by atoms with Crippen LogP contribution < -0.4 is 10.6 Å². The molecule has 0 spiro atoms. The van der Waals surface area contributed by atoms with E-state index in [0.717, 1.165) is 36.1 Å². The number of guanidine groups is 1. The van der Waals surface area contributed by atoms with E-state index in [2.05, 4.69) is 63.9 Å². The van der Waals surface area contributed by atoms with E-state index in [1.165, 1.54) is 5.56 Å². The van der Waals surface area contributed by atoms with Crippen LogP contribution in [0.4, 0.5) is 0 Å². The van der Waals surface area contributed by atoms with Gasteiger partial charge >= 0.3 is 0 Å². The van der Waals surface area contributed by atoms with Gasteiger partial charge < -0.3 is 10.6 Å². The molecule has 0 amide bonds. The molecule has 0 aliphatic carbocycles.